The molecule has 0 unspecified atom stereocenters. The van der Waals surface area contributed by atoms with Crippen LogP contribution in [0, 0.1) is 0 Å². The van der Waals surface area contributed by atoms with E-state index in [4.69, 9.17) is 26.5 Å². The number of nitrogens with zero attached hydrogens (tertiary/aromatic N) is 1. The predicted octanol–water partition coefficient (Wildman–Crippen LogP) is 4.25. The number of halogens is 1. The molecule has 5 heteroatoms. The Morgan fingerprint density at radius 2 is 1.90 bits per heavy atom. The van der Waals surface area contributed by atoms with E-state index in [-0.39, 0.29) is 6.08 Å². The third kappa shape index (κ3) is 3.07. The van der Waals surface area contributed by atoms with Gasteiger partial charge in [0.1, 0.15) is 6.26 Å². The van der Waals surface area contributed by atoms with Crippen molar-refractivity contribution in [3.8, 4) is 23.0 Å². The Balaban J connectivity index is 1.84. The van der Waals surface area contributed by atoms with Crippen molar-refractivity contribution in [2.24, 2.45) is 5.73 Å². The topological polar surface area (TPSA) is 61.3 Å². The Morgan fingerprint density at radius 1 is 1.10 bits per heavy atom. The van der Waals surface area contributed by atoms with Crippen molar-refractivity contribution in [2.45, 2.75) is 6.54 Å². The van der Waals surface area contributed by atoms with Crippen molar-refractivity contribution in [3.63, 3.8) is 0 Å². The number of ether oxygens (including phenoxy) is 1. The minimum Gasteiger partial charge on any atom is -0.417 e. The van der Waals surface area contributed by atoms with E-state index >= 15 is 0 Å². The van der Waals surface area contributed by atoms with Gasteiger partial charge in [0.15, 0.2) is 5.75 Å². The van der Waals surface area contributed by atoms with Gasteiger partial charge in [-0.05, 0) is 23.3 Å². The minimum absolute atomic E-state index is 0.129. The molecule has 2 N–H and O–H groups in total. The van der Waals surface area contributed by atoms with Crippen molar-refractivity contribution < 1.29 is 9.15 Å². The molecule has 0 aliphatic carbocycles. The molecule has 0 aliphatic heterocycles. The Morgan fingerprint density at radius 3 is 2.57 bits per heavy atom. The lowest BCUT2D eigenvalue weighted by atomic mass is 10.1. The molecule has 0 spiro atoms. The zero-order valence-corrected chi connectivity index (χ0v) is 11.9. The molecule has 0 radical (unpaired) electrons. The molecule has 4 nitrogen and oxygen atoms in total. The number of hydrogen-bond acceptors (Lipinski definition) is 4. The first kappa shape index (κ1) is 13.7. The van der Waals surface area contributed by atoms with Gasteiger partial charge in [0.05, 0.1) is 10.7 Å². The van der Waals surface area contributed by atoms with Crippen molar-refractivity contribution in [1.29, 1.82) is 0 Å². The van der Waals surface area contributed by atoms with Crippen LogP contribution in [0.4, 0.5) is 0 Å². The number of aromatic nitrogens is 1. The molecular formula is C16H13ClN2O2. The molecule has 0 saturated carbocycles. The van der Waals surface area contributed by atoms with E-state index in [2.05, 4.69) is 4.98 Å². The lowest BCUT2D eigenvalue weighted by Gasteiger charge is -2.06. The zero-order valence-electron chi connectivity index (χ0n) is 11.1. The summed E-state index contributed by atoms with van der Waals surface area (Å²) in [6, 6.07) is 15.5. The smallest absolute Gasteiger partial charge is 0.399 e. The quantitative estimate of drug-likeness (QED) is 0.782. The van der Waals surface area contributed by atoms with Crippen molar-refractivity contribution in [2.75, 3.05) is 0 Å². The highest BCUT2D eigenvalue weighted by Gasteiger charge is 2.09. The first-order valence-electron chi connectivity index (χ1n) is 6.43. The summed E-state index contributed by atoms with van der Waals surface area (Å²) >= 11 is 6.25. The third-order valence-corrected chi connectivity index (χ3v) is 3.27. The molecule has 0 fully saturated rings. The van der Waals surface area contributed by atoms with Gasteiger partial charge in [0, 0.05) is 6.54 Å². The molecule has 106 valence electrons. The van der Waals surface area contributed by atoms with E-state index in [1.807, 2.05) is 42.5 Å². The summed E-state index contributed by atoms with van der Waals surface area (Å²) in [5.41, 5.74) is 8.20. The third-order valence-electron chi connectivity index (χ3n) is 2.98. The molecule has 21 heavy (non-hydrogen) atoms. The fourth-order valence-electron chi connectivity index (χ4n) is 1.92. The molecular weight excluding hydrogens is 288 g/mol. The zero-order chi connectivity index (χ0) is 14.7. The van der Waals surface area contributed by atoms with Crippen molar-refractivity contribution in [3.05, 3.63) is 65.5 Å². The second-order valence-corrected chi connectivity index (χ2v) is 4.83. The molecule has 1 aromatic heterocycles. The van der Waals surface area contributed by atoms with E-state index in [9.17, 15) is 0 Å². The van der Waals surface area contributed by atoms with E-state index in [0.29, 0.717) is 23.0 Å². The maximum absolute atomic E-state index is 6.25. The van der Waals surface area contributed by atoms with Gasteiger partial charge < -0.3 is 14.9 Å². The standard InChI is InChI=1S/C16H13ClN2O2/c17-14-8-12(11-4-2-1-3-5-11)6-7-15(14)21-16-19-13(9-18)10-20-16/h1-8,10H,9,18H2. The molecule has 0 bridgehead atoms. The molecule has 2 aromatic carbocycles. The van der Waals surface area contributed by atoms with Crippen LogP contribution in [0.5, 0.6) is 11.8 Å². The van der Waals surface area contributed by atoms with Crippen LogP contribution in [0.1, 0.15) is 5.69 Å². The van der Waals surface area contributed by atoms with E-state index in [1.165, 1.54) is 6.26 Å². The first-order chi connectivity index (χ1) is 10.3. The lowest BCUT2D eigenvalue weighted by molar-refractivity contribution is 0.331. The Hall–Kier alpha value is -2.30. The van der Waals surface area contributed by atoms with Gasteiger partial charge in [-0.15, -0.1) is 0 Å². The summed E-state index contributed by atoms with van der Waals surface area (Å²) in [5.74, 6) is 0.488. The van der Waals surface area contributed by atoms with Crippen LogP contribution in [-0.4, -0.2) is 4.98 Å². The van der Waals surface area contributed by atoms with Crippen LogP contribution in [0.15, 0.2) is 59.2 Å². The average Bonchev–Trinajstić information content (AvgIpc) is 2.98. The average molecular weight is 301 g/mol. The van der Waals surface area contributed by atoms with Gasteiger partial charge in [0.25, 0.3) is 0 Å². The predicted molar refractivity (Wildman–Crippen MR) is 81.4 cm³/mol. The molecule has 3 rings (SSSR count). The molecule has 0 saturated heterocycles. The van der Waals surface area contributed by atoms with Gasteiger partial charge in [-0.3, -0.25) is 0 Å². The number of oxazole rings is 1. The van der Waals surface area contributed by atoms with Crippen LogP contribution in [0.25, 0.3) is 11.1 Å². The Kier molecular flexibility index (Phi) is 3.90. The SMILES string of the molecule is NCc1coc(Oc2ccc(-c3ccccc3)cc2Cl)n1. The molecule has 0 aliphatic rings. The normalized spacial score (nSPS) is 10.6. The van der Waals surface area contributed by atoms with E-state index in [0.717, 1.165) is 11.1 Å². The highest BCUT2D eigenvalue weighted by Crippen LogP contribution is 2.33. The summed E-state index contributed by atoms with van der Waals surface area (Å²) in [6.45, 7) is 0.299. The van der Waals surface area contributed by atoms with Crippen LogP contribution in [0.3, 0.4) is 0 Å². The molecule has 1 heterocycles. The van der Waals surface area contributed by atoms with E-state index in [1.54, 1.807) is 6.07 Å². The molecule has 0 atom stereocenters. The van der Waals surface area contributed by atoms with Gasteiger partial charge in [-0.25, -0.2) is 0 Å². The second kappa shape index (κ2) is 5.99. The number of benzene rings is 2. The van der Waals surface area contributed by atoms with Crippen molar-refractivity contribution >= 4 is 11.6 Å². The summed E-state index contributed by atoms with van der Waals surface area (Å²) in [6.07, 6.45) is 1.59. The minimum atomic E-state index is 0.129. The largest absolute Gasteiger partial charge is 0.417 e. The summed E-state index contributed by atoms with van der Waals surface area (Å²) in [7, 11) is 0. The Bertz CT molecular complexity index is 741. The monoisotopic (exact) mass is 300 g/mol. The number of nitrogens with two attached hydrogens (primary N) is 1. The molecule has 3 aromatic rings. The van der Waals surface area contributed by atoms with E-state index < -0.39 is 0 Å². The summed E-state index contributed by atoms with van der Waals surface area (Å²) < 4.78 is 10.7. The lowest BCUT2D eigenvalue weighted by Crippen LogP contribution is -1.95. The van der Waals surface area contributed by atoms with Crippen molar-refractivity contribution in [1.82, 2.24) is 4.98 Å². The number of hydrogen-bond donors (Lipinski definition) is 1. The maximum atomic E-state index is 6.25. The summed E-state index contributed by atoms with van der Waals surface area (Å²) in [5, 5.41) is 0.490. The van der Waals surface area contributed by atoms with Crippen LogP contribution in [-0.2, 0) is 6.54 Å². The summed E-state index contributed by atoms with van der Waals surface area (Å²) in [4.78, 5) is 4.07. The van der Waals surface area contributed by atoms with Crippen LogP contribution >= 0.6 is 11.6 Å². The Labute approximate surface area is 127 Å². The first-order valence-corrected chi connectivity index (χ1v) is 6.81. The second-order valence-electron chi connectivity index (χ2n) is 4.42. The number of rotatable bonds is 4. The van der Waals surface area contributed by atoms with Crippen LogP contribution in [0.2, 0.25) is 5.02 Å². The van der Waals surface area contributed by atoms with Gasteiger partial charge >= 0.3 is 6.08 Å². The highest BCUT2D eigenvalue weighted by atomic mass is 35.5. The fraction of sp³-hybridized carbons (Fsp3) is 0.0625. The maximum Gasteiger partial charge on any atom is 0.399 e. The fourth-order valence-corrected chi connectivity index (χ4v) is 2.14. The van der Waals surface area contributed by atoms with Crippen LogP contribution < -0.4 is 10.5 Å². The van der Waals surface area contributed by atoms with Gasteiger partial charge in [0.2, 0.25) is 0 Å². The van der Waals surface area contributed by atoms with Gasteiger partial charge in [-0.1, -0.05) is 48.0 Å². The highest BCUT2D eigenvalue weighted by molar-refractivity contribution is 6.32. The molecule has 0 amide bonds. The van der Waals surface area contributed by atoms with Gasteiger partial charge in [-0.2, -0.15) is 4.98 Å².